The van der Waals surface area contributed by atoms with E-state index in [1.54, 1.807) is 12.1 Å². The Balaban J connectivity index is 1.65. The lowest BCUT2D eigenvalue weighted by Crippen LogP contribution is -2.36. The molecule has 3 rings (SSSR count). The molecule has 1 saturated heterocycles. The highest BCUT2D eigenvalue weighted by atomic mass is 32.2. The predicted molar refractivity (Wildman–Crippen MR) is 97.8 cm³/mol. The minimum atomic E-state index is -3.84. The average molecular weight is 407 g/mol. The molecule has 2 aromatic rings. The molecular formula is C16H13N3O6S2. The zero-order valence-electron chi connectivity index (χ0n) is 13.6. The van der Waals surface area contributed by atoms with Gasteiger partial charge in [0.25, 0.3) is 11.1 Å². The first-order valence-electron chi connectivity index (χ1n) is 7.45. The summed E-state index contributed by atoms with van der Waals surface area (Å²) in [7, 11) is -3.84. The lowest BCUT2D eigenvalue weighted by atomic mass is 10.3. The van der Waals surface area contributed by atoms with E-state index in [9.17, 15) is 22.8 Å². The summed E-state index contributed by atoms with van der Waals surface area (Å²) in [5.74, 6) is -0.791. The largest absolute Gasteiger partial charge is 0.465 e. The van der Waals surface area contributed by atoms with E-state index in [0.29, 0.717) is 23.2 Å². The SMILES string of the molecule is NS(=O)(=O)c1ccc(NC(=O)CN2C(=O)S/C(=C\c3ccco3)C2=O)cc1. The number of hydrogen-bond donors (Lipinski definition) is 2. The number of sulfonamides is 1. The maximum atomic E-state index is 12.3. The first-order chi connectivity index (χ1) is 12.7. The van der Waals surface area contributed by atoms with Crippen LogP contribution >= 0.6 is 11.8 Å². The number of imide groups is 1. The minimum absolute atomic E-state index is 0.102. The van der Waals surface area contributed by atoms with Gasteiger partial charge in [-0.3, -0.25) is 19.3 Å². The van der Waals surface area contributed by atoms with E-state index in [0.717, 1.165) is 4.90 Å². The zero-order valence-corrected chi connectivity index (χ0v) is 15.2. The van der Waals surface area contributed by atoms with Crippen molar-refractivity contribution in [2.45, 2.75) is 4.90 Å². The van der Waals surface area contributed by atoms with Gasteiger partial charge in [-0.25, -0.2) is 13.6 Å². The first-order valence-corrected chi connectivity index (χ1v) is 9.82. The topological polar surface area (TPSA) is 140 Å². The first kappa shape index (κ1) is 18.9. The number of anilines is 1. The van der Waals surface area contributed by atoms with Crippen LogP contribution in [0.25, 0.3) is 6.08 Å². The third kappa shape index (κ3) is 4.45. The van der Waals surface area contributed by atoms with Gasteiger partial charge in [0.15, 0.2) is 0 Å². The lowest BCUT2D eigenvalue weighted by molar-refractivity contribution is -0.127. The molecular weight excluding hydrogens is 394 g/mol. The molecule has 9 nitrogen and oxygen atoms in total. The maximum absolute atomic E-state index is 12.3. The van der Waals surface area contributed by atoms with Crippen LogP contribution < -0.4 is 10.5 Å². The molecule has 0 spiro atoms. The molecule has 0 unspecified atom stereocenters. The van der Waals surface area contributed by atoms with Crippen molar-refractivity contribution in [1.82, 2.24) is 4.90 Å². The van der Waals surface area contributed by atoms with Crippen molar-refractivity contribution in [3.05, 3.63) is 53.3 Å². The van der Waals surface area contributed by atoms with E-state index in [-0.39, 0.29) is 9.80 Å². The van der Waals surface area contributed by atoms with Gasteiger partial charge < -0.3 is 9.73 Å². The molecule has 140 valence electrons. The molecule has 1 aliphatic heterocycles. The second-order valence-electron chi connectivity index (χ2n) is 5.40. The van der Waals surface area contributed by atoms with Crippen LogP contribution in [-0.4, -0.2) is 36.9 Å². The Hall–Kier alpha value is -2.89. The molecule has 2 heterocycles. The van der Waals surface area contributed by atoms with E-state index in [2.05, 4.69) is 5.32 Å². The molecule has 11 heteroatoms. The Labute approximate surface area is 158 Å². The Morgan fingerprint density at radius 3 is 2.52 bits per heavy atom. The number of furan rings is 1. The van der Waals surface area contributed by atoms with Crippen LogP contribution in [-0.2, 0) is 19.6 Å². The smallest absolute Gasteiger partial charge is 0.294 e. The van der Waals surface area contributed by atoms with Crippen molar-refractivity contribution in [1.29, 1.82) is 0 Å². The molecule has 3 amide bonds. The van der Waals surface area contributed by atoms with Crippen LogP contribution in [0.5, 0.6) is 0 Å². The molecule has 3 N–H and O–H groups in total. The number of carbonyl (C=O) groups is 3. The minimum Gasteiger partial charge on any atom is -0.465 e. The summed E-state index contributed by atoms with van der Waals surface area (Å²) in [4.78, 5) is 37.3. The molecule has 27 heavy (non-hydrogen) atoms. The highest BCUT2D eigenvalue weighted by molar-refractivity contribution is 8.18. The number of nitrogens with one attached hydrogen (secondary N) is 1. The number of nitrogens with zero attached hydrogens (tertiary/aromatic N) is 1. The van der Waals surface area contributed by atoms with Gasteiger partial charge in [0.05, 0.1) is 16.1 Å². The Kier molecular flexibility index (Phi) is 5.17. The number of nitrogens with two attached hydrogens (primary N) is 1. The summed E-state index contributed by atoms with van der Waals surface area (Å²) < 4.78 is 27.5. The quantitative estimate of drug-likeness (QED) is 0.717. The van der Waals surface area contributed by atoms with Gasteiger partial charge in [-0.1, -0.05) is 0 Å². The monoisotopic (exact) mass is 407 g/mol. The van der Waals surface area contributed by atoms with Crippen molar-refractivity contribution in [3.8, 4) is 0 Å². The summed E-state index contributed by atoms with van der Waals surface area (Å²) in [6.07, 6.45) is 2.86. The average Bonchev–Trinajstić information content (AvgIpc) is 3.19. The second kappa shape index (κ2) is 7.39. The van der Waals surface area contributed by atoms with E-state index >= 15 is 0 Å². The predicted octanol–water partition coefficient (Wildman–Crippen LogP) is 1.60. The van der Waals surface area contributed by atoms with Gasteiger partial charge in [-0.15, -0.1) is 0 Å². The van der Waals surface area contributed by atoms with Crippen LogP contribution in [0.15, 0.2) is 56.9 Å². The second-order valence-corrected chi connectivity index (χ2v) is 7.96. The molecule has 1 aromatic heterocycles. The van der Waals surface area contributed by atoms with Crippen molar-refractivity contribution >= 4 is 50.6 Å². The fourth-order valence-electron chi connectivity index (χ4n) is 2.21. The van der Waals surface area contributed by atoms with Crippen molar-refractivity contribution < 1.29 is 27.2 Å². The Bertz CT molecular complexity index is 1030. The summed E-state index contributed by atoms with van der Waals surface area (Å²) in [5, 5.41) is 6.91. The summed E-state index contributed by atoms with van der Waals surface area (Å²) in [5.41, 5.74) is 0.297. The normalized spacial score (nSPS) is 16.2. The fraction of sp³-hybridized carbons (Fsp3) is 0.0625. The van der Waals surface area contributed by atoms with Gasteiger partial charge in [-0.2, -0.15) is 0 Å². The maximum Gasteiger partial charge on any atom is 0.294 e. The molecule has 0 atom stereocenters. The highest BCUT2D eigenvalue weighted by Gasteiger charge is 2.36. The van der Waals surface area contributed by atoms with Crippen LogP contribution in [0.1, 0.15) is 5.76 Å². The number of hydrogen-bond acceptors (Lipinski definition) is 7. The zero-order chi connectivity index (χ0) is 19.6. The van der Waals surface area contributed by atoms with Gasteiger partial charge in [-0.05, 0) is 48.2 Å². The molecule has 1 aromatic carbocycles. The van der Waals surface area contributed by atoms with E-state index in [1.807, 2.05) is 0 Å². The number of primary sulfonamides is 1. The summed E-state index contributed by atoms with van der Waals surface area (Å²) >= 11 is 0.711. The Morgan fingerprint density at radius 1 is 1.22 bits per heavy atom. The standard InChI is InChI=1S/C16H13N3O6S2/c17-27(23,24)12-5-3-10(4-6-12)18-14(20)9-19-15(21)13(26-16(19)22)8-11-2-1-7-25-11/h1-8H,9H2,(H,18,20)(H2,17,23,24)/b13-8-. The van der Waals surface area contributed by atoms with E-state index in [1.165, 1.54) is 36.6 Å². The fourth-order valence-corrected chi connectivity index (χ4v) is 3.54. The summed E-state index contributed by atoms with van der Waals surface area (Å²) in [6.45, 7) is -0.475. The molecule has 0 radical (unpaired) electrons. The van der Waals surface area contributed by atoms with Crippen LogP contribution in [0.3, 0.4) is 0 Å². The van der Waals surface area contributed by atoms with Crippen molar-refractivity contribution in [2.24, 2.45) is 5.14 Å². The van der Waals surface area contributed by atoms with Crippen molar-refractivity contribution in [3.63, 3.8) is 0 Å². The lowest BCUT2D eigenvalue weighted by Gasteiger charge is -2.12. The van der Waals surface area contributed by atoms with Crippen molar-refractivity contribution in [2.75, 3.05) is 11.9 Å². The molecule has 0 aliphatic carbocycles. The third-order valence-corrected chi connectivity index (χ3v) is 5.30. The number of carbonyl (C=O) groups excluding carboxylic acids is 3. The Morgan fingerprint density at radius 2 is 1.93 bits per heavy atom. The van der Waals surface area contributed by atoms with E-state index in [4.69, 9.17) is 9.56 Å². The third-order valence-electron chi connectivity index (χ3n) is 3.46. The van der Waals surface area contributed by atoms with Crippen LogP contribution in [0, 0.1) is 0 Å². The molecule has 0 bridgehead atoms. The van der Waals surface area contributed by atoms with Gasteiger partial charge in [0.2, 0.25) is 15.9 Å². The van der Waals surface area contributed by atoms with Gasteiger partial charge in [0, 0.05) is 11.8 Å². The number of thioether (sulfide) groups is 1. The molecule has 1 fully saturated rings. The highest BCUT2D eigenvalue weighted by Crippen LogP contribution is 2.32. The molecule has 0 saturated carbocycles. The van der Waals surface area contributed by atoms with Crippen LogP contribution in [0.4, 0.5) is 10.5 Å². The number of rotatable bonds is 5. The molecule has 1 aliphatic rings. The van der Waals surface area contributed by atoms with Crippen LogP contribution in [0.2, 0.25) is 0 Å². The summed E-state index contributed by atoms with van der Waals surface area (Å²) in [6, 6.07) is 8.44. The van der Waals surface area contributed by atoms with E-state index < -0.39 is 33.6 Å². The van der Waals surface area contributed by atoms with Gasteiger partial charge >= 0.3 is 0 Å². The van der Waals surface area contributed by atoms with Gasteiger partial charge in [0.1, 0.15) is 12.3 Å². The number of amides is 3. The number of benzene rings is 1.